The van der Waals surface area contributed by atoms with E-state index < -0.39 is 47.3 Å². The topological polar surface area (TPSA) is 112 Å². The van der Waals surface area contributed by atoms with Crippen LogP contribution in [0.25, 0.3) is 0 Å². The van der Waals surface area contributed by atoms with Crippen molar-refractivity contribution < 1.29 is 35.6 Å². The molecular formula is C28H33FO7S2. The Morgan fingerprint density at radius 3 is 2.05 bits per heavy atom. The van der Waals surface area contributed by atoms with Gasteiger partial charge in [-0.05, 0) is 66.8 Å². The smallest absolute Gasteiger partial charge is 0.338 e. The molecule has 0 saturated carbocycles. The maximum Gasteiger partial charge on any atom is 0.338 e. The lowest BCUT2D eigenvalue weighted by Crippen LogP contribution is -2.51. The third-order valence-electron chi connectivity index (χ3n) is 7.99. The predicted octanol–water partition coefficient (Wildman–Crippen LogP) is 4.94. The van der Waals surface area contributed by atoms with Crippen molar-refractivity contribution in [3.63, 3.8) is 0 Å². The minimum Gasteiger partial charge on any atom is -0.462 e. The van der Waals surface area contributed by atoms with Crippen LogP contribution in [-0.2, 0) is 35.2 Å². The number of ketones is 1. The molecule has 2 aliphatic rings. The van der Waals surface area contributed by atoms with E-state index in [-0.39, 0.29) is 50.0 Å². The third-order valence-corrected chi connectivity index (χ3v) is 12.5. The van der Waals surface area contributed by atoms with Gasteiger partial charge in [0.15, 0.2) is 9.84 Å². The SMILES string of the molecule is CCCCOC(=O)c1ccc2c(c1C)C(C)(C)C(F)(C(=O)c1ccc3c(c1C)C(C)(C)CS3(=O)=O)S2(=O)=O. The Kier molecular flexibility index (Phi) is 6.51. The first-order chi connectivity index (χ1) is 17.4. The molecule has 7 nitrogen and oxygen atoms in total. The molecule has 2 aromatic carbocycles. The second-order valence-electron chi connectivity index (χ2n) is 11.4. The van der Waals surface area contributed by atoms with Crippen LogP contribution in [0.2, 0.25) is 0 Å². The number of hydrogen-bond acceptors (Lipinski definition) is 7. The summed E-state index contributed by atoms with van der Waals surface area (Å²) in [5.41, 5.74) is -1.84. The first-order valence-electron chi connectivity index (χ1n) is 12.5. The molecule has 206 valence electrons. The molecular weight excluding hydrogens is 531 g/mol. The van der Waals surface area contributed by atoms with Crippen molar-refractivity contribution in [3.8, 4) is 0 Å². The highest BCUT2D eigenvalue weighted by atomic mass is 32.2. The summed E-state index contributed by atoms with van der Waals surface area (Å²) in [5.74, 6) is -2.07. The van der Waals surface area contributed by atoms with Crippen LogP contribution < -0.4 is 0 Å². The Morgan fingerprint density at radius 2 is 1.45 bits per heavy atom. The van der Waals surface area contributed by atoms with Crippen molar-refractivity contribution in [3.05, 3.63) is 57.6 Å². The summed E-state index contributed by atoms with van der Waals surface area (Å²) < 4.78 is 75.4. The molecule has 2 aliphatic heterocycles. The molecule has 4 rings (SSSR count). The summed E-state index contributed by atoms with van der Waals surface area (Å²) in [6.45, 7) is 11.3. The van der Waals surface area contributed by atoms with Crippen LogP contribution in [0, 0.1) is 13.8 Å². The summed E-state index contributed by atoms with van der Waals surface area (Å²) in [6, 6.07) is 4.92. The Balaban J connectivity index is 1.89. The van der Waals surface area contributed by atoms with Gasteiger partial charge in [-0.15, -0.1) is 0 Å². The molecule has 2 aromatic rings. The first-order valence-corrected chi connectivity index (χ1v) is 15.7. The summed E-state index contributed by atoms with van der Waals surface area (Å²) in [6.07, 6.45) is 1.48. The number of carbonyl (C=O) groups is 2. The minimum atomic E-state index is -4.86. The average molecular weight is 565 g/mol. The number of esters is 1. The highest BCUT2D eigenvalue weighted by Gasteiger charge is 2.69. The van der Waals surface area contributed by atoms with Gasteiger partial charge >= 0.3 is 5.97 Å². The molecule has 1 atom stereocenters. The lowest BCUT2D eigenvalue weighted by Gasteiger charge is -2.33. The second-order valence-corrected chi connectivity index (χ2v) is 15.4. The Morgan fingerprint density at radius 1 is 0.895 bits per heavy atom. The summed E-state index contributed by atoms with van der Waals surface area (Å²) in [5, 5.41) is -3.39. The number of ether oxygens (including phenoxy) is 1. The molecule has 0 aliphatic carbocycles. The average Bonchev–Trinajstić information content (AvgIpc) is 3.07. The largest absolute Gasteiger partial charge is 0.462 e. The van der Waals surface area contributed by atoms with E-state index in [0.29, 0.717) is 12.0 Å². The molecule has 2 heterocycles. The van der Waals surface area contributed by atoms with Gasteiger partial charge in [-0.25, -0.2) is 26.0 Å². The lowest BCUT2D eigenvalue weighted by atomic mass is 9.73. The van der Waals surface area contributed by atoms with Crippen molar-refractivity contribution in [2.24, 2.45) is 0 Å². The number of benzene rings is 2. The van der Waals surface area contributed by atoms with E-state index in [2.05, 4.69) is 0 Å². The monoisotopic (exact) mass is 564 g/mol. The van der Waals surface area contributed by atoms with E-state index in [1.807, 2.05) is 6.92 Å². The molecule has 0 N–H and O–H groups in total. The molecule has 0 bridgehead atoms. The molecule has 0 radical (unpaired) electrons. The van der Waals surface area contributed by atoms with Gasteiger partial charge in [0.25, 0.3) is 5.00 Å². The number of halogens is 1. The van der Waals surface area contributed by atoms with E-state index >= 15 is 4.39 Å². The summed E-state index contributed by atoms with van der Waals surface area (Å²) in [4.78, 5) is 26.4. The maximum absolute atomic E-state index is 17.2. The Labute approximate surface area is 223 Å². The highest BCUT2D eigenvalue weighted by molar-refractivity contribution is 7.94. The molecule has 0 fully saturated rings. The fraction of sp³-hybridized carbons (Fsp3) is 0.500. The lowest BCUT2D eigenvalue weighted by molar-refractivity contribution is 0.0498. The van der Waals surface area contributed by atoms with Gasteiger partial charge in [-0.2, -0.15) is 0 Å². The van der Waals surface area contributed by atoms with Crippen molar-refractivity contribution in [1.82, 2.24) is 0 Å². The summed E-state index contributed by atoms with van der Waals surface area (Å²) >= 11 is 0. The second kappa shape index (κ2) is 8.71. The number of Topliss-reactive ketones (excluding diaryl/α,β-unsaturated/α-hetero) is 1. The summed E-state index contributed by atoms with van der Waals surface area (Å²) in [7, 11) is -8.45. The molecule has 10 heteroatoms. The van der Waals surface area contributed by atoms with Gasteiger partial charge in [0.2, 0.25) is 15.6 Å². The predicted molar refractivity (Wildman–Crippen MR) is 141 cm³/mol. The van der Waals surface area contributed by atoms with Gasteiger partial charge < -0.3 is 4.74 Å². The number of hydrogen-bond donors (Lipinski definition) is 0. The van der Waals surface area contributed by atoms with Crippen LogP contribution in [0.3, 0.4) is 0 Å². The molecule has 0 aromatic heterocycles. The van der Waals surface area contributed by atoms with Crippen molar-refractivity contribution >= 4 is 31.4 Å². The first kappa shape index (κ1) is 28.4. The van der Waals surface area contributed by atoms with Gasteiger partial charge in [0.05, 0.1) is 27.7 Å². The van der Waals surface area contributed by atoms with Gasteiger partial charge in [-0.3, -0.25) is 4.79 Å². The standard InChI is InChI=1S/C28H33FO7S2/c1-8-9-14-36-25(31)19-11-13-21-23(17(19)3)27(6,7)28(29,38(21,34)35)24(30)18-10-12-20-22(16(18)2)26(4,5)15-37(20,32)33/h10-13H,8-9,14-15H2,1-7H3. The normalized spacial score (nSPS) is 23.5. The van der Waals surface area contributed by atoms with Crippen LogP contribution in [0.4, 0.5) is 4.39 Å². The minimum absolute atomic E-state index is 0.0556. The molecule has 0 saturated heterocycles. The molecule has 0 amide bonds. The number of fused-ring (bicyclic) bond motifs is 2. The number of rotatable bonds is 6. The van der Waals surface area contributed by atoms with Crippen LogP contribution in [0.1, 0.15) is 90.4 Å². The van der Waals surface area contributed by atoms with E-state index in [1.54, 1.807) is 13.8 Å². The zero-order valence-electron chi connectivity index (χ0n) is 22.7. The van der Waals surface area contributed by atoms with Gasteiger partial charge in [0.1, 0.15) is 0 Å². The van der Waals surface area contributed by atoms with Crippen LogP contribution >= 0.6 is 0 Å². The van der Waals surface area contributed by atoms with Gasteiger partial charge in [-0.1, -0.05) is 41.0 Å². The molecule has 38 heavy (non-hydrogen) atoms. The zero-order valence-corrected chi connectivity index (χ0v) is 24.3. The molecule has 0 spiro atoms. The fourth-order valence-corrected chi connectivity index (χ4v) is 10.8. The third kappa shape index (κ3) is 3.62. The number of unbranched alkanes of at least 4 members (excludes halogenated alkanes) is 1. The van der Waals surface area contributed by atoms with E-state index in [4.69, 9.17) is 4.74 Å². The van der Waals surface area contributed by atoms with Gasteiger partial charge in [0, 0.05) is 16.4 Å². The number of alkyl halides is 1. The van der Waals surface area contributed by atoms with Crippen LogP contribution in [0.5, 0.6) is 0 Å². The van der Waals surface area contributed by atoms with Crippen LogP contribution in [-0.4, -0.2) is 45.9 Å². The van der Waals surface area contributed by atoms with E-state index in [0.717, 1.165) is 12.5 Å². The fourth-order valence-electron chi connectivity index (χ4n) is 6.18. The Bertz CT molecular complexity index is 1600. The molecule has 1 unspecified atom stereocenters. The van der Waals surface area contributed by atoms with E-state index in [1.165, 1.54) is 45.9 Å². The zero-order chi connectivity index (χ0) is 28.6. The number of sulfone groups is 2. The maximum atomic E-state index is 17.2. The van der Waals surface area contributed by atoms with Crippen molar-refractivity contribution in [2.75, 3.05) is 12.4 Å². The van der Waals surface area contributed by atoms with E-state index in [9.17, 15) is 26.4 Å². The van der Waals surface area contributed by atoms with Crippen molar-refractivity contribution in [2.45, 2.75) is 86.9 Å². The highest BCUT2D eigenvalue weighted by Crippen LogP contribution is 2.56. The van der Waals surface area contributed by atoms with Crippen molar-refractivity contribution in [1.29, 1.82) is 0 Å². The number of carbonyl (C=O) groups excluding carboxylic acids is 2. The quantitative estimate of drug-likeness (QED) is 0.278. The van der Waals surface area contributed by atoms with Crippen LogP contribution in [0.15, 0.2) is 34.1 Å². The Hall–Kier alpha value is -2.59.